The molecule has 0 spiro atoms. The predicted molar refractivity (Wildman–Crippen MR) is 136 cm³/mol. The van der Waals surface area contributed by atoms with E-state index in [-0.39, 0.29) is 0 Å². The zero-order chi connectivity index (χ0) is 23.5. The largest absolute Gasteiger partial charge is 0.378 e. The highest BCUT2D eigenvalue weighted by Gasteiger charge is 2.22. The van der Waals surface area contributed by atoms with Crippen LogP contribution >= 0.6 is 0 Å². The van der Waals surface area contributed by atoms with E-state index in [4.69, 9.17) is 9.72 Å². The first kappa shape index (κ1) is 21.9. The molecule has 2 N–H and O–H groups in total. The number of pyridine rings is 1. The second-order valence-corrected chi connectivity index (χ2v) is 9.18. The molecule has 2 aliphatic rings. The van der Waals surface area contributed by atoms with Crippen LogP contribution in [0.2, 0.25) is 0 Å². The van der Waals surface area contributed by atoms with Gasteiger partial charge in [0, 0.05) is 50.5 Å². The molecule has 0 atom stereocenters. The molecule has 0 radical (unpaired) electrons. The Morgan fingerprint density at radius 2 is 1.77 bits per heavy atom. The van der Waals surface area contributed by atoms with Crippen LogP contribution in [0.3, 0.4) is 0 Å². The van der Waals surface area contributed by atoms with E-state index < -0.39 is 0 Å². The Hall–Kier alpha value is -3.56. The third-order valence-electron chi connectivity index (χ3n) is 6.80. The Bertz CT molecular complexity index is 1250. The number of anilines is 2. The quantitative estimate of drug-likeness (QED) is 0.443. The molecule has 180 valence electrons. The van der Waals surface area contributed by atoms with Gasteiger partial charge in [-0.1, -0.05) is 30.3 Å². The third kappa shape index (κ3) is 4.96. The molecule has 1 aromatic carbocycles. The molecule has 0 aliphatic carbocycles. The summed E-state index contributed by atoms with van der Waals surface area (Å²) in [5.41, 5.74) is 3.76. The standard InChI is InChI=1S/C26H30N8O/c1-2-4-19(5-3-1)17-33-10-8-21(9-11-33)30-26-23-25(29-18-28-23)31-24(32-26)20-6-7-22(27-16-20)34-12-14-35-15-13-34/h1-7,16,18,21H,8-15,17H2,(H2,28,29,30,31,32). The molecule has 6 rings (SSSR count). The van der Waals surface area contributed by atoms with Gasteiger partial charge in [-0.15, -0.1) is 0 Å². The number of aromatic nitrogens is 5. The van der Waals surface area contributed by atoms with Gasteiger partial charge in [0.25, 0.3) is 0 Å². The maximum Gasteiger partial charge on any atom is 0.183 e. The molecular weight excluding hydrogens is 440 g/mol. The molecule has 0 unspecified atom stereocenters. The minimum absolute atomic E-state index is 0.359. The van der Waals surface area contributed by atoms with Gasteiger partial charge in [-0.2, -0.15) is 0 Å². The number of H-pyrrole nitrogens is 1. The van der Waals surface area contributed by atoms with Crippen molar-refractivity contribution < 1.29 is 4.74 Å². The number of fused-ring (bicyclic) bond motifs is 1. The van der Waals surface area contributed by atoms with Crippen molar-refractivity contribution >= 4 is 22.8 Å². The summed E-state index contributed by atoms with van der Waals surface area (Å²) in [4.78, 5) is 26.6. The zero-order valence-electron chi connectivity index (χ0n) is 19.7. The molecule has 5 heterocycles. The van der Waals surface area contributed by atoms with Crippen molar-refractivity contribution in [2.24, 2.45) is 0 Å². The number of ether oxygens (including phenoxy) is 1. The molecule has 35 heavy (non-hydrogen) atoms. The maximum absolute atomic E-state index is 5.45. The van der Waals surface area contributed by atoms with Gasteiger partial charge >= 0.3 is 0 Å². The summed E-state index contributed by atoms with van der Waals surface area (Å²) >= 11 is 0. The fourth-order valence-electron chi connectivity index (χ4n) is 4.83. The molecule has 2 saturated heterocycles. The molecule has 9 nitrogen and oxygen atoms in total. The summed E-state index contributed by atoms with van der Waals surface area (Å²) in [5, 5.41) is 3.68. The van der Waals surface area contributed by atoms with E-state index in [1.54, 1.807) is 6.33 Å². The lowest BCUT2D eigenvalue weighted by Gasteiger charge is -2.32. The molecule has 0 saturated carbocycles. The van der Waals surface area contributed by atoms with Gasteiger partial charge < -0.3 is 19.9 Å². The van der Waals surface area contributed by atoms with E-state index in [0.717, 1.165) is 81.5 Å². The minimum Gasteiger partial charge on any atom is -0.378 e. The van der Waals surface area contributed by atoms with Crippen molar-refractivity contribution in [1.82, 2.24) is 29.8 Å². The summed E-state index contributed by atoms with van der Waals surface area (Å²) in [6.07, 6.45) is 5.66. The summed E-state index contributed by atoms with van der Waals surface area (Å²) in [5.74, 6) is 2.40. The van der Waals surface area contributed by atoms with Gasteiger partial charge in [0.2, 0.25) is 0 Å². The highest BCUT2D eigenvalue weighted by Crippen LogP contribution is 2.26. The van der Waals surface area contributed by atoms with Crippen LogP contribution in [0.5, 0.6) is 0 Å². The number of nitrogens with zero attached hydrogens (tertiary/aromatic N) is 6. The van der Waals surface area contributed by atoms with Crippen molar-refractivity contribution in [3.63, 3.8) is 0 Å². The first-order valence-electron chi connectivity index (χ1n) is 12.3. The van der Waals surface area contributed by atoms with Crippen molar-refractivity contribution in [2.75, 3.05) is 49.6 Å². The van der Waals surface area contributed by atoms with Crippen LogP contribution in [-0.4, -0.2) is 75.3 Å². The van der Waals surface area contributed by atoms with Gasteiger partial charge in [-0.25, -0.2) is 19.9 Å². The van der Waals surface area contributed by atoms with Gasteiger partial charge in [-0.3, -0.25) is 4.90 Å². The third-order valence-corrected chi connectivity index (χ3v) is 6.80. The number of hydrogen-bond acceptors (Lipinski definition) is 8. The fraction of sp³-hybridized carbons (Fsp3) is 0.385. The fourth-order valence-corrected chi connectivity index (χ4v) is 4.83. The second-order valence-electron chi connectivity index (χ2n) is 9.18. The summed E-state index contributed by atoms with van der Waals surface area (Å²) in [7, 11) is 0. The number of aromatic amines is 1. The number of nitrogens with one attached hydrogen (secondary N) is 2. The van der Waals surface area contributed by atoms with Gasteiger partial charge in [-0.05, 0) is 30.5 Å². The van der Waals surface area contributed by atoms with Crippen LogP contribution in [-0.2, 0) is 11.3 Å². The van der Waals surface area contributed by atoms with Gasteiger partial charge in [0.05, 0.1) is 19.5 Å². The number of piperidine rings is 1. The van der Waals surface area contributed by atoms with Gasteiger partial charge in [0.15, 0.2) is 17.3 Å². The monoisotopic (exact) mass is 470 g/mol. The highest BCUT2D eigenvalue weighted by molar-refractivity contribution is 5.84. The lowest BCUT2D eigenvalue weighted by atomic mass is 10.0. The van der Waals surface area contributed by atoms with E-state index >= 15 is 0 Å². The molecule has 2 aliphatic heterocycles. The zero-order valence-corrected chi connectivity index (χ0v) is 19.7. The number of hydrogen-bond donors (Lipinski definition) is 2. The molecular formula is C26H30N8O. The van der Waals surface area contributed by atoms with E-state index in [1.165, 1.54) is 5.56 Å². The topological polar surface area (TPSA) is 95.1 Å². The number of imidazole rings is 1. The Morgan fingerprint density at radius 1 is 0.943 bits per heavy atom. The van der Waals surface area contributed by atoms with Crippen LogP contribution in [0.25, 0.3) is 22.6 Å². The van der Waals surface area contributed by atoms with Crippen LogP contribution in [0.15, 0.2) is 55.0 Å². The van der Waals surface area contributed by atoms with Crippen molar-refractivity contribution in [3.05, 3.63) is 60.6 Å². The molecule has 9 heteroatoms. The summed E-state index contributed by atoms with van der Waals surface area (Å²) in [6.45, 7) is 6.32. The summed E-state index contributed by atoms with van der Waals surface area (Å²) in [6, 6.07) is 15.1. The van der Waals surface area contributed by atoms with Crippen molar-refractivity contribution in [2.45, 2.75) is 25.4 Å². The SMILES string of the molecule is c1ccc(CN2CCC(Nc3nc(-c4ccc(N5CCOCC5)nc4)nc4nc[nH]c34)CC2)cc1. The Kier molecular flexibility index (Phi) is 6.25. The number of morpholine rings is 1. The lowest BCUT2D eigenvalue weighted by Crippen LogP contribution is -2.38. The van der Waals surface area contributed by atoms with Crippen molar-refractivity contribution in [3.8, 4) is 11.4 Å². The first-order chi connectivity index (χ1) is 17.3. The Balaban J connectivity index is 1.16. The second kappa shape index (κ2) is 9.97. The predicted octanol–water partition coefficient (Wildman–Crippen LogP) is 3.33. The lowest BCUT2D eigenvalue weighted by molar-refractivity contribution is 0.122. The van der Waals surface area contributed by atoms with Gasteiger partial charge in [0.1, 0.15) is 11.3 Å². The summed E-state index contributed by atoms with van der Waals surface area (Å²) < 4.78 is 5.45. The van der Waals surface area contributed by atoms with E-state index in [1.807, 2.05) is 18.3 Å². The first-order valence-corrected chi connectivity index (χ1v) is 12.3. The number of likely N-dealkylation sites (tertiary alicyclic amines) is 1. The Labute approximate surface area is 204 Å². The molecule has 2 fully saturated rings. The number of benzene rings is 1. The normalized spacial score (nSPS) is 17.7. The van der Waals surface area contributed by atoms with E-state index in [9.17, 15) is 0 Å². The Morgan fingerprint density at radius 3 is 2.54 bits per heavy atom. The maximum atomic E-state index is 5.45. The highest BCUT2D eigenvalue weighted by atomic mass is 16.5. The number of rotatable bonds is 6. The molecule has 4 aromatic rings. The average Bonchev–Trinajstić information content (AvgIpc) is 3.40. The van der Waals surface area contributed by atoms with E-state index in [2.05, 4.69) is 65.4 Å². The van der Waals surface area contributed by atoms with Crippen LogP contribution in [0, 0.1) is 0 Å². The van der Waals surface area contributed by atoms with Crippen LogP contribution < -0.4 is 10.2 Å². The smallest absolute Gasteiger partial charge is 0.183 e. The van der Waals surface area contributed by atoms with E-state index in [0.29, 0.717) is 17.5 Å². The van der Waals surface area contributed by atoms with Crippen molar-refractivity contribution in [1.29, 1.82) is 0 Å². The molecule has 0 amide bonds. The van der Waals surface area contributed by atoms with Crippen LogP contribution in [0.1, 0.15) is 18.4 Å². The average molecular weight is 471 g/mol. The minimum atomic E-state index is 0.359. The van der Waals surface area contributed by atoms with Crippen LogP contribution in [0.4, 0.5) is 11.6 Å². The molecule has 0 bridgehead atoms. The molecule has 3 aromatic heterocycles.